The number of carbonyl (C=O) groups is 1. The van der Waals surface area contributed by atoms with Crippen LogP contribution in [0, 0.1) is 6.92 Å². The minimum absolute atomic E-state index is 0.334. The number of H-pyrrole nitrogens is 1. The number of amides is 1. The number of nitrogens with one attached hydrogen (secondary N) is 2. The fourth-order valence-electron chi connectivity index (χ4n) is 0.950. The lowest BCUT2D eigenvalue weighted by Gasteiger charge is -2.02. The van der Waals surface area contributed by atoms with E-state index in [-0.39, 0.29) is 0 Å². The first kappa shape index (κ1) is 9.70. The summed E-state index contributed by atoms with van der Waals surface area (Å²) < 4.78 is 23.4. The Morgan fingerprint density at radius 3 is 2.85 bits per heavy atom. The highest BCUT2D eigenvalue weighted by Gasteiger charge is 2.11. The van der Waals surface area contributed by atoms with E-state index in [0.717, 1.165) is 5.56 Å². The third-order valence-corrected chi connectivity index (χ3v) is 1.60. The van der Waals surface area contributed by atoms with Gasteiger partial charge in [-0.15, -0.1) is 0 Å². The van der Waals surface area contributed by atoms with Crippen molar-refractivity contribution < 1.29 is 13.6 Å². The molecule has 1 rings (SSSR count). The van der Waals surface area contributed by atoms with Gasteiger partial charge in [0.1, 0.15) is 5.69 Å². The van der Waals surface area contributed by atoms with Gasteiger partial charge in [0.25, 0.3) is 12.3 Å². The summed E-state index contributed by atoms with van der Waals surface area (Å²) in [6.07, 6.45) is -0.925. The van der Waals surface area contributed by atoms with Gasteiger partial charge in [-0.05, 0) is 18.6 Å². The summed E-state index contributed by atoms with van der Waals surface area (Å²) in [6.45, 7) is 1.12. The highest BCUT2D eigenvalue weighted by atomic mass is 19.3. The van der Waals surface area contributed by atoms with Gasteiger partial charge in [0.05, 0.1) is 6.54 Å². The van der Waals surface area contributed by atoms with Crippen LogP contribution in [0.3, 0.4) is 0 Å². The molecule has 2 N–H and O–H groups in total. The Kier molecular flexibility index (Phi) is 3.00. The number of aryl methyl sites for hydroxylation is 1. The lowest BCUT2D eigenvalue weighted by molar-refractivity contribution is 0.0887. The van der Waals surface area contributed by atoms with Gasteiger partial charge in [-0.3, -0.25) is 4.79 Å². The number of alkyl halides is 2. The molecule has 3 nitrogen and oxygen atoms in total. The maximum absolute atomic E-state index is 11.7. The maximum atomic E-state index is 11.7. The number of hydrogen-bond acceptors (Lipinski definition) is 1. The average Bonchev–Trinajstić information content (AvgIpc) is 2.47. The van der Waals surface area contributed by atoms with E-state index in [1.54, 1.807) is 19.2 Å². The summed E-state index contributed by atoms with van der Waals surface area (Å²) in [5, 5.41) is 2.11. The molecule has 1 aromatic heterocycles. The molecule has 0 bridgehead atoms. The standard InChI is InChI=1S/C8H10F2N2O/c1-5-2-3-11-7(5)8(13)12-4-6(9)10/h2-3,6,11H,4H2,1H3,(H,12,13). The van der Waals surface area contributed by atoms with Crippen LogP contribution in [0.5, 0.6) is 0 Å². The molecule has 0 spiro atoms. The number of hydrogen-bond donors (Lipinski definition) is 2. The topological polar surface area (TPSA) is 44.9 Å². The van der Waals surface area contributed by atoms with Crippen molar-refractivity contribution in [3.05, 3.63) is 23.5 Å². The molecule has 1 amide bonds. The molecule has 13 heavy (non-hydrogen) atoms. The monoisotopic (exact) mass is 188 g/mol. The number of aromatic nitrogens is 1. The predicted molar refractivity (Wildman–Crippen MR) is 43.9 cm³/mol. The normalized spacial score (nSPS) is 10.5. The molecule has 0 unspecified atom stereocenters. The van der Waals surface area contributed by atoms with Crippen molar-refractivity contribution in [1.82, 2.24) is 10.3 Å². The first-order valence-corrected chi connectivity index (χ1v) is 3.81. The summed E-state index contributed by atoms with van der Waals surface area (Å²) in [5.74, 6) is -0.497. The molecule has 0 radical (unpaired) electrons. The lowest BCUT2D eigenvalue weighted by atomic mass is 10.2. The van der Waals surface area contributed by atoms with Gasteiger partial charge in [-0.2, -0.15) is 0 Å². The zero-order valence-electron chi connectivity index (χ0n) is 7.10. The van der Waals surface area contributed by atoms with E-state index in [1.807, 2.05) is 0 Å². The molecule has 0 atom stereocenters. The Bertz CT molecular complexity index is 296. The van der Waals surface area contributed by atoms with Gasteiger partial charge in [0.15, 0.2) is 0 Å². The van der Waals surface area contributed by atoms with E-state index in [9.17, 15) is 13.6 Å². The van der Waals surface area contributed by atoms with Crippen LogP contribution in [-0.2, 0) is 0 Å². The molecule has 72 valence electrons. The van der Waals surface area contributed by atoms with Crippen LogP contribution in [0.1, 0.15) is 16.1 Å². The van der Waals surface area contributed by atoms with Crippen molar-refractivity contribution in [3.8, 4) is 0 Å². The third kappa shape index (κ3) is 2.54. The molecule has 5 heteroatoms. The Balaban J connectivity index is 2.54. The van der Waals surface area contributed by atoms with Crippen molar-refractivity contribution >= 4 is 5.91 Å². The van der Waals surface area contributed by atoms with Crippen LogP contribution in [0.2, 0.25) is 0 Å². The second kappa shape index (κ2) is 4.02. The zero-order chi connectivity index (χ0) is 9.84. The molecule has 0 saturated heterocycles. The molecule has 0 aliphatic heterocycles. The quantitative estimate of drug-likeness (QED) is 0.738. The van der Waals surface area contributed by atoms with Crippen LogP contribution in [-0.4, -0.2) is 23.9 Å². The molecule has 0 aliphatic rings. The first-order valence-electron chi connectivity index (χ1n) is 3.81. The summed E-state index contributed by atoms with van der Waals surface area (Å²) in [4.78, 5) is 13.8. The second-order valence-corrected chi connectivity index (χ2v) is 2.64. The van der Waals surface area contributed by atoms with E-state index < -0.39 is 18.9 Å². The van der Waals surface area contributed by atoms with Crippen molar-refractivity contribution in [2.45, 2.75) is 13.3 Å². The Morgan fingerprint density at radius 2 is 2.38 bits per heavy atom. The summed E-state index contributed by atoms with van der Waals surface area (Å²) in [6, 6.07) is 1.71. The van der Waals surface area contributed by atoms with Crippen molar-refractivity contribution in [2.24, 2.45) is 0 Å². The molecule has 0 fully saturated rings. The molecule has 0 aromatic carbocycles. The minimum atomic E-state index is -2.51. The van der Waals surface area contributed by atoms with Crippen LogP contribution in [0.25, 0.3) is 0 Å². The molecule has 1 aromatic rings. The number of halogens is 2. The van der Waals surface area contributed by atoms with E-state index in [1.165, 1.54) is 0 Å². The summed E-state index contributed by atoms with van der Waals surface area (Å²) >= 11 is 0. The van der Waals surface area contributed by atoms with E-state index in [4.69, 9.17) is 0 Å². The minimum Gasteiger partial charge on any atom is -0.357 e. The maximum Gasteiger partial charge on any atom is 0.268 e. The number of carbonyl (C=O) groups excluding carboxylic acids is 1. The van der Waals surface area contributed by atoms with E-state index in [2.05, 4.69) is 10.3 Å². The highest BCUT2D eigenvalue weighted by molar-refractivity contribution is 5.93. The summed E-state index contributed by atoms with van der Waals surface area (Å²) in [5.41, 5.74) is 1.08. The van der Waals surface area contributed by atoms with Gasteiger partial charge >= 0.3 is 0 Å². The first-order chi connectivity index (χ1) is 6.11. The van der Waals surface area contributed by atoms with Crippen LogP contribution < -0.4 is 5.32 Å². The zero-order valence-corrected chi connectivity index (χ0v) is 7.10. The van der Waals surface area contributed by atoms with E-state index >= 15 is 0 Å². The number of aromatic amines is 1. The fourth-order valence-corrected chi connectivity index (χ4v) is 0.950. The second-order valence-electron chi connectivity index (χ2n) is 2.64. The molecule has 0 aliphatic carbocycles. The largest absolute Gasteiger partial charge is 0.357 e. The molecule has 0 saturated carbocycles. The Morgan fingerprint density at radius 1 is 1.69 bits per heavy atom. The highest BCUT2D eigenvalue weighted by Crippen LogP contribution is 2.03. The smallest absolute Gasteiger partial charge is 0.268 e. The van der Waals surface area contributed by atoms with E-state index in [0.29, 0.717) is 5.69 Å². The number of rotatable bonds is 3. The SMILES string of the molecule is Cc1cc[nH]c1C(=O)NCC(F)F. The van der Waals surface area contributed by atoms with Gasteiger partial charge < -0.3 is 10.3 Å². The molecule has 1 heterocycles. The predicted octanol–water partition coefficient (Wildman–Crippen LogP) is 1.32. The third-order valence-electron chi connectivity index (χ3n) is 1.60. The van der Waals surface area contributed by atoms with Gasteiger partial charge in [-0.25, -0.2) is 8.78 Å². The molecular weight excluding hydrogens is 178 g/mol. The van der Waals surface area contributed by atoms with Gasteiger partial charge in [-0.1, -0.05) is 0 Å². The lowest BCUT2D eigenvalue weighted by Crippen LogP contribution is -2.29. The van der Waals surface area contributed by atoms with Crippen molar-refractivity contribution in [2.75, 3.05) is 6.54 Å². The van der Waals surface area contributed by atoms with Crippen LogP contribution >= 0.6 is 0 Å². The molecular formula is C8H10F2N2O. The Hall–Kier alpha value is -1.39. The average molecular weight is 188 g/mol. The fraction of sp³-hybridized carbons (Fsp3) is 0.375. The Labute approximate surface area is 74.1 Å². The van der Waals surface area contributed by atoms with Gasteiger partial charge in [0, 0.05) is 6.20 Å². The van der Waals surface area contributed by atoms with Gasteiger partial charge in [0.2, 0.25) is 0 Å². The van der Waals surface area contributed by atoms with Crippen LogP contribution in [0.15, 0.2) is 12.3 Å². The van der Waals surface area contributed by atoms with Crippen molar-refractivity contribution in [1.29, 1.82) is 0 Å². The van der Waals surface area contributed by atoms with Crippen molar-refractivity contribution in [3.63, 3.8) is 0 Å². The summed E-state index contributed by atoms with van der Waals surface area (Å²) in [7, 11) is 0. The van der Waals surface area contributed by atoms with Crippen LogP contribution in [0.4, 0.5) is 8.78 Å².